The predicted molar refractivity (Wildman–Crippen MR) is 116 cm³/mol. The number of carbonyl (C=O) groups excluding carboxylic acids is 2. The molecule has 0 spiro atoms. The fraction of sp³-hybridized carbons (Fsp3) is 0.833. The van der Waals surface area contributed by atoms with E-state index in [1.807, 2.05) is 20.8 Å². The van der Waals surface area contributed by atoms with Gasteiger partial charge in [0.2, 0.25) is 5.91 Å². The second kappa shape index (κ2) is 16.4. The summed E-state index contributed by atoms with van der Waals surface area (Å²) >= 11 is 0. The van der Waals surface area contributed by atoms with E-state index >= 15 is 0 Å². The number of Topliss-reactive ketones (excluding diaryl/α,β-unsaturated/α-hetero) is 1. The number of ether oxygens (including phenoxy) is 1. The highest BCUT2D eigenvalue weighted by Crippen LogP contribution is 2.15. The molecule has 31 heavy (non-hydrogen) atoms. The van der Waals surface area contributed by atoms with Crippen LogP contribution in [0.4, 0.5) is 0 Å². The van der Waals surface area contributed by atoms with Gasteiger partial charge in [-0.05, 0) is 31.6 Å². The lowest BCUT2D eigenvalue weighted by Gasteiger charge is -2.23. The van der Waals surface area contributed by atoms with E-state index in [4.69, 9.17) is 10.5 Å². The van der Waals surface area contributed by atoms with Gasteiger partial charge in [0.15, 0.2) is 10.8 Å². The van der Waals surface area contributed by atoms with Crippen molar-refractivity contribution >= 4 is 24.8 Å². The molecule has 178 valence electrons. The molecule has 0 aromatic carbocycles. The molecule has 0 bridgehead atoms. The number of aliphatic imine (C=N–C) groups is 1. The summed E-state index contributed by atoms with van der Waals surface area (Å²) in [4.78, 5) is 39.1. The molecule has 13 heteroatoms. The van der Waals surface area contributed by atoms with Crippen LogP contribution < -0.4 is 16.5 Å². The van der Waals surface area contributed by atoms with Gasteiger partial charge < -0.3 is 25.8 Å². The van der Waals surface area contributed by atoms with E-state index in [0.29, 0.717) is 19.4 Å². The Kier molecular flexibility index (Phi) is 15.3. The fourth-order valence-electron chi connectivity index (χ4n) is 2.82. The average Bonchev–Trinajstić information content (AvgIpc) is 2.66. The van der Waals surface area contributed by atoms with Crippen molar-refractivity contribution in [2.24, 2.45) is 22.6 Å². The first-order chi connectivity index (χ1) is 14.6. The topological polar surface area (TPSA) is 189 Å². The van der Waals surface area contributed by atoms with E-state index in [2.05, 4.69) is 10.3 Å². The van der Waals surface area contributed by atoms with Gasteiger partial charge in [-0.15, -0.1) is 0 Å². The second-order valence-electron chi connectivity index (χ2n) is 7.78. The van der Waals surface area contributed by atoms with Crippen molar-refractivity contribution in [3.63, 3.8) is 0 Å². The zero-order valence-electron chi connectivity index (χ0n) is 18.6. The van der Waals surface area contributed by atoms with Gasteiger partial charge in [0, 0.05) is 25.5 Å². The standard InChI is InChI=1S/C18H36BN5O7/c1-4-5-9-31-12-15(25)11-14(7-6-8-21-18(20)23-24(29)30)17(26)22-16(19(27)28)10-13(2)3/h13-14,16,27-28H,4-12H2,1-3H3,(H,22,26)(H3,20,21,23)/t14-,16+/m1/s1. The van der Waals surface area contributed by atoms with Crippen molar-refractivity contribution in [2.45, 2.75) is 65.2 Å². The lowest BCUT2D eigenvalue weighted by atomic mass is 9.74. The summed E-state index contributed by atoms with van der Waals surface area (Å²) < 4.78 is 5.31. The molecule has 12 nitrogen and oxygen atoms in total. The zero-order valence-corrected chi connectivity index (χ0v) is 18.6. The van der Waals surface area contributed by atoms with Crippen LogP contribution in [0.2, 0.25) is 0 Å². The van der Waals surface area contributed by atoms with Gasteiger partial charge in [-0.3, -0.25) is 9.59 Å². The monoisotopic (exact) mass is 445 g/mol. The lowest BCUT2D eigenvalue weighted by molar-refractivity contribution is -0.525. The molecule has 0 saturated heterocycles. The molecule has 0 rings (SSSR count). The summed E-state index contributed by atoms with van der Waals surface area (Å²) in [6.45, 7) is 6.26. The number of nitrogens with zero attached hydrogens (tertiary/aromatic N) is 2. The maximum Gasteiger partial charge on any atom is 0.475 e. The van der Waals surface area contributed by atoms with Crippen LogP contribution in [0.3, 0.4) is 0 Å². The number of hydrazine groups is 1. The molecule has 0 aromatic rings. The molecule has 1 amide bonds. The summed E-state index contributed by atoms with van der Waals surface area (Å²) in [6.07, 6.45) is 2.67. The highest BCUT2D eigenvalue weighted by Gasteiger charge is 2.30. The number of ketones is 1. The van der Waals surface area contributed by atoms with E-state index in [0.717, 1.165) is 12.8 Å². The Labute approximate surface area is 183 Å². The van der Waals surface area contributed by atoms with Gasteiger partial charge in [0.25, 0.3) is 5.96 Å². The predicted octanol–water partition coefficient (Wildman–Crippen LogP) is -0.202. The number of hydrogen-bond acceptors (Lipinski definition) is 8. The van der Waals surface area contributed by atoms with E-state index < -0.39 is 29.9 Å². The summed E-state index contributed by atoms with van der Waals surface area (Å²) in [5.41, 5.74) is 7.07. The molecule has 0 fully saturated rings. The van der Waals surface area contributed by atoms with Crippen molar-refractivity contribution < 1.29 is 29.4 Å². The molecule has 0 radical (unpaired) electrons. The normalized spacial score (nSPS) is 13.5. The number of nitrogens with two attached hydrogens (primary N) is 1. The van der Waals surface area contributed by atoms with Crippen LogP contribution >= 0.6 is 0 Å². The quantitative estimate of drug-likeness (QED) is 0.0504. The summed E-state index contributed by atoms with van der Waals surface area (Å²) in [7, 11) is -1.72. The Bertz CT molecular complexity index is 590. The van der Waals surface area contributed by atoms with Gasteiger partial charge in [-0.2, -0.15) is 0 Å². The van der Waals surface area contributed by atoms with Crippen LogP contribution in [-0.2, 0) is 14.3 Å². The number of carbonyl (C=O) groups is 2. The van der Waals surface area contributed by atoms with Crippen molar-refractivity contribution in [1.29, 1.82) is 0 Å². The van der Waals surface area contributed by atoms with Crippen molar-refractivity contribution in [3.05, 3.63) is 10.1 Å². The SMILES string of the molecule is CCCCOCC(=O)C[C@@H](CCCN=C(N)N[N+](=O)[O-])C(=O)N[C@@H](CC(C)C)B(O)O. The van der Waals surface area contributed by atoms with Crippen molar-refractivity contribution in [2.75, 3.05) is 19.8 Å². The number of hydrogen-bond donors (Lipinski definition) is 5. The third kappa shape index (κ3) is 15.2. The Morgan fingerprint density at radius 1 is 1.29 bits per heavy atom. The largest absolute Gasteiger partial charge is 0.475 e. The van der Waals surface area contributed by atoms with Crippen LogP contribution in [0.5, 0.6) is 0 Å². The molecule has 0 aromatic heterocycles. The first-order valence-corrected chi connectivity index (χ1v) is 10.5. The molecular formula is C18H36BN5O7. The highest BCUT2D eigenvalue weighted by molar-refractivity contribution is 6.43. The Morgan fingerprint density at radius 2 is 1.97 bits per heavy atom. The molecule has 2 atom stereocenters. The van der Waals surface area contributed by atoms with Crippen molar-refractivity contribution in [3.8, 4) is 0 Å². The molecule has 0 unspecified atom stereocenters. The Morgan fingerprint density at radius 3 is 2.52 bits per heavy atom. The minimum Gasteiger partial charge on any atom is -0.426 e. The molecule has 0 aliphatic carbocycles. The van der Waals surface area contributed by atoms with Crippen LogP contribution in [0.1, 0.15) is 59.3 Å². The van der Waals surface area contributed by atoms with Gasteiger partial charge >= 0.3 is 7.12 Å². The van der Waals surface area contributed by atoms with Crippen LogP contribution in [0, 0.1) is 22.0 Å². The van der Waals surface area contributed by atoms with Crippen LogP contribution in [-0.4, -0.2) is 65.5 Å². The summed E-state index contributed by atoms with van der Waals surface area (Å²) in [6, 6.07) is 0. The highest BCUT2D eigenvalue weighted by atomic mass is 16.7. The third-order valence-corrected chi connectivity index (χ3v) is 4.36. The minimum absolute atomic E-state index is 0.0692. The molecular weight excluding hydrogens is 409 g/mol. The van der Waals surface area contributed by atoms with Crippen LogP contribution in [0.25, 0.3) is 0 Å². The minimum atomic E-state index is -1.72. The molecule has 0 saturated carbocycles. The maximum absolute atomic E-state index is 12.7. The average molecular weight is 445 g/mol. The number of nitrogens with one attached hydrogen (secondary N) is 2. The first-order valence-electron chi connectivity index (χ1n) is 10.5. The number of amides is 1. The zero-order chi connectivity index (χ0) is 23.8. The van der Waals surface area contributed by atoms with E-state index in [1.165, 1.54) is 0 Å². The molecule has 0 aliphatic heterocycles. The summed E-state index contributed by atoms with van der Waals surface area (Å²) in [5.74, 6) is -2.53. The Balaban J connectivity index is 4.96. The maximum atomic E-state index is 12.7. The molecule has 0 heterocycles. The first kappa shape index (κ1) is 28.8. The summed E-state index contributed by atoms with van der Waals surface area (Å²) in [5, 5.41) is 31.2. The van der Waals surface area contributed by atoms with E-state index in [-0.39, 0.29) is 43.7 Å². The number of rotatable bonds is 17. The second-order valence-corrected chi connectivity index (χ2v) is 7.78. The van der Waals surface area contributed by atoms with Gasteiger partial charge in [-0.25, -0.2) is 15.1 Å². The smallest absolute Gasteiger partial charge is 0.426 e. The third-order valence-electron chi connectivity index (χ3n) is 4.36. The molecule has 0 aliphatic rings. The van der Waals surface area contributed by atoms with E-state index in [9.17, 15) is 29.8 Å². The number of guanidine groups is 1. The fourth-order valence-corrected chi connectivity index (χ4v) is 2.82. The van der Waals surface area contributed by atoms with Gasteiger partial charge in [0.05, 0.1) is 5.94 Å². The van der Waals surface area contributed by atoms with E-state index in [1.54, 1.807) is 5.43 Å². The Hall–Kier alpha value is -2.25. The van der Waals surface area contributed by atoms with Gasteiger partial charge in [-0.1, -0.05) is 32.6 Å². The van der Waals surface area contributed by atoms with Crippen LogP contribution in [0.15, 0.2) is 4.99 Å². The lowest BCUT2D eigenvalue weighted by Crippen LogP contribution is -2.49. The molecule has 6 N–H and O–H groups in total. The van der Waals surface area contributed by atoms with Gasteiger partial charge in [0.1, 0.15) is 6.61 Å². The van der Waals surface area contributed by atoms with Crippen molar-refractivity contribution in [1.82, 2.24) is 10.7 Å². The number of nitro groups is 1. The number of unbranched alkanes of at least 4 members (excludes halogenated alkanes) is 1.